The van der Waals surface area contributed by atoms with E-state index in [1.54, 1.807) is 0 Å². The fourth-order valence-corrected chi connectivity index (χ4v) is 1.72. The Kier molecular flexibility index (Phi) is 9.24. The van der Waals surface area contributed by atoms with Crippen molar-refractivity contribution in [1.82, 2.24) is 10.6 Å². The van der Waals surface area contributed by atoms with Crippen LogP contribution in [-0.2, 0) is 11.3 Å². The molecule has 118 valence electrons. The molecule has 1 rings (SSSR count). The minimum Gasteiger partial charge on any atom is -0.389 e. The van der Waals surface area contributed by atoms with Gasteiger partial charge in [0.05, 0.1) is 25.9 Å². The van der Waals surface area contributed by atoms with Crippen molar-refractivity contribution in [3.8, 4) is 0 Å². The van der Waals surface area contributed by atoms with E-state index in [1.807, 2.05) is 37.3 Å². The standard InChI is InChI=1S/C16H27N3O2/c1-3-10-18-16(17-4-2)19-11-15(20)13-21-12-14-8-6-5-7-9-14/h5-9,15,20H,3-4,10-13H2,1-2H3,(H2,17,18,19). The number of hydrogen-bond donors (Lipinski definition) is 3. The summed E-state index contributed by atoms with van der Waals surface area (Å²) in [5.41, 5.74) is 1.10. The molecule has 21 heavy (non-hydrogen) atoms. The quantitative estimate of drug-likeness (QED) is 0.477. The normalized spacial score (nSPS) is 13.0. The maximum Gasteiger partial charge on any atom is 0.191 e. The number of aliphatic hydroxyl groups is 1. The lowest BCUT2D eigenvalue weighted by molar-refractivity contribution is 0.0331. The number of hydrogen-bond acceptors (Lipinski definition) is 3. The van der Waals surface area contributed by atoms with E-state index in [0.29, 0.717) is 13.2 Å². The minimum absolute atomic E-state index is 0.283. The van der Waals surface area contributed by atoms with Crippen LogP contribution < -0.4 is 10.6 Å². The summed E-state index contributed by atoms with van der Waals surface area (Å²) in [5, 5.41) is 16.2. The van der Waals surface area contributed by atoms with E-state index >= 15 is 0 Å². The smallest absolute Gasteiger partial charge is 0.191 e. The molecule has 0 aromatic heterocycles. The highest BCUT2D eigenvalue weighted by molar-refractivity contribution is 5.79. The molecule has 0 amide bonds. The van der Waals surface area contributed by atoms with Crippen LogP contribution in [-0.4, -0.2) is 43.4 Å². The summed E-state index contributed by atoms with van der Waals surface area (Å²) in [4.78, 5) is 4.34. The van der Waals surface area contributed by atoms with Gasteiger partial charge in [-0.3, -0.25) is 4.99 Å². The van der Waals surface area contributed by atoms with Gasteiger partial charge in [0.15, 0.2) is 5.96 Å². The molecular weight excluding hydrogens is 266 g/mol. The van der Waals surface area contributed by atoms with Crippen LogP contribution in [0.2, 0.25) is 0 Å². The second kappa shape index (κ2) is 11.1. The molecule has 0 bridgehead atoms. The Hall–Kier alpha value is -1.59. The topological polar surface area (TPSA) is 65.9 Å². The van der Waals surface area contributed by atoms with Crippen LogP contribution in [0.1, 0.15) is 25.8 Å². The lowest BCUT2D eigenvalue weighted by Gasteiger charge is -2.13. The van der Waals surface area contributed by atoms with E-state index in [0.717, 1.165) is 31.0 Å². The van der Waals surface area contributed by atoms with E-state index in [9.17, 15) is 5.11 Å². The molecule has 3 N–H and O–H groups in total. The molecule has 1 atom stereocenters. The maximum atomic E-state index is 9.88. The van der Waals surface area contributed by atoms with Crippen molar-refractivity contribution < 1.29 is 9.84 Å². The first kappa shape index (κ1) is 17.5. The summed E-state index contributed by atoms with van der Waals surface area (Å²) < 4.78 is 5.49. The van der Waals surface area contributed by atoms with Gasteiger partial charge in [0, 0.05) is 13.1 Å². The highest BCUT2D eigenvalue weighted by atomic mass is 16.5. The lowest BCUT2D eigenvalue weighted by atomic mass is 10.2. The third kappa shape index (κ3) is 8.32. The first-order valence-corrected chi connectivity index (χ1v) is 7.58. The van der Waals surface area contributed by atoms with Crippen molar-refractivity contribution in [3.05, 3.63) is 35.9 Å². The molecule has 0 aliphatic heterocycles. The summed E-state index contributed by atoms with van der Waals surface area (Å²) in [5.74, 6) is 0.737. The largest absolute Gasteiger partial charge is 0.389 e. The molecule has 0 radical (unpaired) electrons. The summed E-state index contributed by atoms with van der Waals surface area (Å²) in [7, 11) is 0. The number of nitrogens with zero attached hydrogens (tertiary/aromatic N) is 1. The predicted octanol–water partition coefficient (Wildman–Crippen LogP) is 1.53. The Morgan fingerprint density at radius 3 is 2.67 bits per heavy atom. The molecule has 5 heteroatoms. The second-order valence-electron chi connectivity index (χ2n) is 4.80. The summed E-state index contributed by atoms with van der Waals surface area (Å²) in [6, 6.07) is 9.92. The van der Waals surface area contributed by atoms with Crippen molar-refractivity contribution in [2.45, 2.75) is 33.0 Å². The predicted molar refractivity (Wildman–Crippen MR) is 86.4 cm³/mol. The van der Waals surface area contributed by atoms with E-state index < -0.39 is 6.10 Å². The number of benzene rings is 1. The zero-order valence-electron chi connectivity index (χ0n) is 13.0. The summed E-state index contributed by atoms with van der Waals surface area (Å²) in [6.45, 7) is 6.91. The van der Waals surface area contributed by atoms with Gasteiger partial charge in [-0.05, 0) is 18.9 Å². The number of rotatable bonds is 9. The number of aliphatic imine (C=N–C) groups is 1. The van der Waals surface area contributed by atoms with Crippen molar-refractivity contribution in [1.29, 1.82) is 0 Å². The monoisotopic (exact) mass is 293 g/mol. The average molecular weight is 293 g/mol. The SMILES string of the molecule is CCCNC(=NCC(O)COCc1ccccc1)NCC. The van der Waals surface area contributed by atoms with E-state index in [1.165, 1.54) is 0 Å². The van der Waals surface area contributed by atoms with Gasteiger partial charge in [-0.25, -0.2) is 0 Å². The molecule has 0 fully saturated rings. The molecule has 0 heterocycles. The summed E-state index contributed by atoms with van der Waals surface area (Å²) >= 11 is 0. The molecule has 1 unspecified atom stereocenters. The third-order valence-corrected chi connectivity index (χ3v) is 2.77. The van der Waals surface area contributed by atoms with Gasteiger partial charge in [-0.1, -0.05) is 37.3 Å². The van der Waals surface area contributed by atoms with E-state index in [4.69, 9.17) is 4.74 Å². The van der Waals surface area contributed by atoms with Crippen LogP contribution in [0.4, 0.5) is 0 Å². The fraction of sp³-hybridized carbons (Fsp3) is 0.562. The highest BCUT2D eigenvalue weighted by Gasteiger charge is 2.04. The highest BCUT2D eigenvalue weighted by Crippen LogP contribution is 2.01. The average Bonchev–Trinajstić information content (AvgIpc) is 2.51. The Bertz CT molecular complexity index is 396. The van der Waals surface area contributed by atoms with Gasteiger partial charge < -0.3 is 20.5 Å². The van der Waals surface area contributed by atoms with Crippen molar-refractivity contribution in [2.24, 2.45) is 4.99 Å². The molecule has 5 nitrogen and oxygen atoms in total. The van der Waals surface area contributed by atoms with Gasteiger partial charge in [0.25, 0.3) is 0 Å². The number of nitrogens with one attached hydrogen (secondary N) is 2. The van der Waals surface area contributed by atoms with Crippen LogP contribution in [0, 0.1) is 0 Å². The second-order valence-corrected chi connectivity index (χ2v) is 4.80. The van der Waals surface area contributed by atoms with Crippen LogP contribution in [0.5, 0.6) is 0 Å². The zero-order chi connectivity index (χ0) is 15.3. The van der Waals surface area contributed by atoms with Crippen molar-refractivity contribution in [3.63, 3.8) is 0 Å². The first-order valence-electron chi connectivity index (χ1n) is 7.58. The van der Waals surface area contributed by atoms with Gasteiger partial charge in [0.2, 0.25) is 0 Å². The van der Waals surface area contributed by atoms with Gasteiger partial charge in [-0.15, -0.1) is 0 Å². The van der Waals surface area contributed by atoms with Gasteiger partial charge >= 0.3 is 0 Å². The Labute approximate surface area is 127 Å². The fourth-order valence-electron chi connectivity index (χ4n) is 1.72. The molecule has 0 saturated carbocycles. The number of ether oxygens (including phenoxy) is 1. The molecule has 0 saturated heterocycles. The van der Waals surface area contributed by atoms with Crippen LogP contribution >= 0.6 is 0 Å². The number of aliphatic hydroxyl groups excluding tert-OH is 1. The van der Waals surface area contributed by atoms with Gasteiger partial charge in [0.1, 0.15) is 0 Å². The van der Waals surface area contributed by atoms with E-state index in [-0.39, 0.29) is 6.61 Å². The van der Waals surface area contributed by atoms with Gasteiger partial charge in [-0.2, -0.15) is 0 Å². The van der Waals surface area contributed by atoms with Crippen LogP contribution in [0.15, 0.2) is 35.3 Å². The third-order valence-electron chi connectivity index (χ3n) is 2.77. The minimum atomic E-state index is -0.592. The maximum absolute atomic E-state index is 9.88. The summed E-state index contributed by atoms with van der Waals surface area (Å²) in [6.07, 6.45) is 0.443. The Balaban J connectivity index is 2.26. The lowest BCUT2D eigenvalue weighted by Crippen LogP contribution is -2.38. The zero-order valence-corrected chi connectivity index (χ0v) is 13.0. The Morgan fingerprint density at radius 2 is 2.00 bits per heavy atom. The van der Waals surface area contributed by atoms with E-state index in [2.05, 4.69) is 22.5 Å². The Morgan fingerprint density at radius 1 is 1.24 bits per heavy atom. The first-order chi connectivity index (χ1) is 10.3. The molecular formula is C16H27N3O2. The molecule has 0 aliphatic carbocycles. The van der Waals surface area contributed by atoms with Crippen molar-refractivity contribution >= 4 is 5.96 Å². The van der Waals surface area contributed by atoms with Crippen LogP contribution in [0.3, 0.4) is 0 Å². The van der Waals surface area contributed by atoms with Crippen molar-refractivity contribution in [2.75, 3.05) is 26.2 Å². The number of guanidine groups is 1. The van der Waals surface area contributed by atoms with Crippen LogP contribution in [0.25, 0.3) is 0 Å². The molecule has 1 aromatic carbocycles. The molecule has 1 aromatic rings. The molecule has 0 spiro atoms. The molecule has 0 aliphatic rings.